The van der Waals surface area contributed by atoms with Crippen molar-refractivity contribution in [3.05, 3.63) is 29.3 Å². The van der Waals surface area contributed by atoms with E-state index >= 15 is 0 Å². The Kier molecular flexibility index (Phi) is 3.07. The van der Waals surface area contributed by atoms with Crippen molar-refractivity contribution in [3.63, 3.8) is 0 Å². The highest BCUT2D eigenvalue weighted by molar-refractivity contribution is 5.94. The van der Waals surface area contributed by atoms with E-state index in [1.54, 1.807) is 23.9 Å². The molecule has 0 fully saturated rings. The van der Waals surface area contributed by atoms with Crippen LogP contribution in [-0.4, -0.2) is 36.7 Å². The molecule has 0 aromatic heterocycles. The quantitative estimate of drug-likeness (QED) is 0.745. The van der Waals surface area contributed by atoms with Crippen LogP contribution in [0, 0.1) is 6.92 Å². The number of amides is 2. The highest BCUT2D eigenvalue weighted by Crippen LogP contribution is 2.36. The second-order valence-electron chi connectivity index (χ2n) is 4.65. The van der Waals surface area contributed by atoms with Crippen LogP contribution in [-0.2, 0) is 0 Å². The maximum absolute atomic E-state index is 12.1. The standard InChI is InChI=1S/C13H18N2O2/c1-9-5-4-6-10-11(16)7-8-15(12(9)10)13(17)14(2)3/h4-6,11,16H,7-8H2,1-3H3. The minimum Gasteiger partial charge on any atom is -0.388 e. The molecular formula is C13H18N2O2. The zero-order chi connectivity index (χ0) is 12.6. The first-order valence-corrected chi connectivity index (χ1v) is 5.78. The lowest BCUT2D eigenvalue weighted by molar-refractivity contribution is 0.162. The van der Waals surface area contributed by atoms with Crippen LogP contribution in [0.15, 0.2) is 18.2 Å². The molecule has 1 N–H and O–H groups in total. The normalized spacial score (nSPS) is 18.8. The third-order valence-electron chi connectivity index (χ3n) is 3.14. The lowest BCUT2D eigenvalue weighted by Gasteiger charge is -2.35. The summed E-state index contributed by atoms with van der Waals surface area (Å²) in [7, 11) is 3.48. The van der Waals surface area contributed by atoms with Gasteiger partial charge in [0.2, 0.25) is 0 Å². The van der Waals surface area contributed by atoms with E-state index < -0.39 is 6.10 Å². The van der Waals surface area contributed by atoms with Crippen molar-refractivity contribution in [3.8, 4) is 0 Å². The number of urea groups is 1. The van der Waals surface area contributed by atoms with Gasteiger partial charge in [0.25, 0.3) is 0 Å². The Labute approximate surface area is 101 Å². The zero-order valence-electron chi connectivity index (χ0n) is 10.5. The third-order valence-corrected chi connectivity index (χ3v) is 3.14. The van der Waals surface area contributed by atoms with E-state index in [0.717, 1.165) is 16.8 Å². The summed E-state index contributed by atoms with van der Waals surface area (Å²) < 4.78 is 0. The van der Waals surface area contributed by atoms with Gasteiger partial charge in [0.15, 0.2) is 0 Å². The number of benzene rings is 1. The van der Waals surface area contributed by atoms with Gasteiger partial charge in [-0.1, -0.05) is 18.2 Å². The highest BCUT2D eigenvalue weighted by atomic mass is 16.3. The molecule has 0 spiro atoms. The molecule has 1 aliphatic rings. The predicted molar refractivity (Wildman–Crippen MR) is 67.2 cm³/mol. The molecule has 92 valence electrons. The van der Waals surface area contributed by atoms with Crippen LogP contribution in [0.25, 0.3) is 0 Å². The number of aliphatic hydroxyl groups excluding tert-OH is 1. The van der Waals surface area contributed by atoms with E-state index in [1.165, 1.54) is 0 Å². The molecule has 1 unspecified atom stereocenters. The fraction of sp³-hybridized carbons (Fsp3) is 0.462. The van der Waals surface area contributed by atoms with Crippen molar-refractivity contribution < 1.29 is 9.90 Å². The third kappa shape index (κ3) is 2.00. The minimum atomic E-state index is -0.462. The summed E-state index contributed by atoms with van der Waals surface area (Å²) >= 11 is 0. The van der Waals surface area contributed by atoms with Gasteiger partial charge in [-0.15, -0.1) is 0 Å². The first kappa shape index (κ1) is 11.9. The molecule has 2 amide bonds. The van der Waals surface area contributed by atoms with E-state index in [1.807, 2.05) is 25.1 Å². The minimum absolute atomic E-state index is 0.0348. The number of hydrogen-bond donors (Lipinski definition) is 1. The van der Waals surface area contributed by atoms with Crippen LogP contribution in [0.5, 0.6) is 0 Å². The van der Waals surface area contributed by atoms with E-state index in [2.05, 4.69) is 0 Å². The van der Waals surface area contributed by atoms with E-state index in [-0.39, 0.29) is 6.03 Å². The first-order valence-electron chi connectivity index (χ1n) is 5.78. The molecule has 0 radical (unpaired) electrons. The van der Waals surface area contributed by atoms with Gasteiger partial charge in [-0.05, 0) is 18.9 Å². The van der Waals surface area contributed by atoms with Gasteiger partial charge in [-0.25, -0.2) is 4.79 Å². The van der Waals surface area contributed by atoms with Crippen LogP contribution in [0.3, 0.4) is 0 Å². The maximum atomic E-state index is 12.1. The van der Waals surface area contributed by atoms with Crippen molar-refractivity contribution in [1.82, 2.24) is 4.90 Å². The van der Waals surface area contributed by atoms with Crippen LogP contribution < -0.4 is 4.90 Å². The monoisotopic (exact) mass is 234 g/mol. The van der Waals surface area contributed by atoms with Crippen molar-refractivity contribution in [1.29, 1.82) is 0 Å². The summed E-state index contributed by atoms with van der Waals surface area (Å²) in [4.78, 5) is 15.4. The molecule has 0 saturated heterocycles. The largest absolute Gasteiger partial charge is 0.388 e. The highest BCUT2D eigenvalue weighted by Gasteiger charge is 2.29. The number of aryl methyl sites for hydroxylation is 1. The molecule has 4 heteroatoms. The van der Waals surface area contributed by atoms with Gasteiger partial charge >= 0.3 is 6.03 Å². The lowest BCUT2D eigenvalue weighted by atomic mass is 9.96. The molecule has 17 heavy (non-hydrogen) atoms. The summed E-state index contributed by atoms with van der Waals surface area (Å²) in [6.45, 7) is 2.53. The molecule has 4 nitrogen and oxygen atoms in total. The molecule has 0 bridgehead atoms. The fourth-order valence-electron chi connectivity index (χ4n) is 2.27. The molecule has 1 aromatic rings. The molecule has 2 rings (SSSR count). The maximum Gasteiger partial charge on any atom is 0.323 e. The molecule has 1 aliphatic heterocycles. The number of nitrogens with zero attached hydrogens (tertiary/aromatic N) is 2. The summed E-state index contributed by atoms with van der Waals surface area (Å²) in [6.07, 6.45) is 0.131. The Morgan fingerprint density at radius 3 is 2.82 bits per heavy atom. The molecule has 0 aliphatic carbocycles. The number of rotatable bonds is 0. The Morgan fingerprint density at radius 2 is 2.18 bits per heavy atom. The van der Waals surface area contributed by atoms with Gasteiger partial charge in [0.05, 0.1) is 11.8 Å². The van der Waals surface area contributed by atoms with E-state index in [9.17, 15) is 9.90 Å². The Bertz CT molecular complexity index is 443. The fourth-order valence-corrected chi connectivity index (χ4v) is 2.27. The summed E-state index contributed by atoms with van der Waals surface area (Å²) in [6, 6.07) is 5.74. The summed E-state index contributed by atoms with van der Waals surface area (Å²) in [5, 5.41) is 9.97. The number of carbonyl (C=O) groups excluding carboxylic acids is 1. The second kappa shape index (κ2) is 4.37. The van der Waals surface area contributed by atoms with Gasteiger partial charge < -0.3 is 10.0 Å². The number of fused-ring (bicyclic) bond motifs is 1. The van der Waals surface area contributed by atoms with Crippen LogP contribution in [0.1, 0.15) is 23.7 Å². The van der Waals surface area contributed by atoms with Crippen LogP contribution >= 0.6 is 0 Å². The van der Waals surface area contributed by atoms with Crippen molar-refractivity contribution in [2.45, 2.75) is 19.4 Å². The van der Waals surface area contributed by atoms with Gasteiger partial charge in [0, 0.05) is 26.2 Å². The van der Waals surface area contributed by atoms with Crippen molar-refractivity contribution in [2.24, 2.45) is 0 Å². The summed E-state index contributed by atoms with van der Waals surface area (Å²) in [5.74, 6) is 0. The number of aliphatic hydroxyl groups is 1. The average molecular weight is 234 g/mol. The Morgan fingerprint density at radius 1 is 1.47 bits per heavy atom. The Balaban J connectivity index is 2.48. The van der Waals surface area contributed by atoms with Crippen molar-refractivity contribution in [2.75, 3.05) is 25.5 Å². The predicted octanol–water partition coefficient (Wildman–Crippen LogP) is 1.92. The number of para-hydroxylation sites is 1. The second-order valence-corrected chi connectivity index (χ2v) is 4.65. The first-order chi connectivity index (χ1) is 8.02. The zero-order valence-corrected chi connectivity index (χ0v) is 10.5. The van der Waals surface area contributed by atoms with Crippen LogP contribution in [0.2, 0.25) is 0 Å². The SMILES string of the molecule is Cc1cccc2c1N(C(=O)N(C)C)CCC2O. The molecule has 1 aromatic carbocycles. The summed E-state index contributed by atoms with van der Waals surface area (Å²) in [5.41, 5.74) is 2.74. The molecule has 1 heterocycles. The number of carbonyl (C=O) groups is 1. The van der Waals surface area contributed by atoms with Crippen molar-refractivity contribution >= 4 is 11.7 Å². The number of hydrogen-bond acceptors (Lipinski definition) is 2. The molecular weight excluding hydrogens is 216 g/mol. The van der Waals surface area contributed by atoms with E-state index in [0.29, 0.717) is 13.0 Å². The van der Waals surface area contributed by atoms with Gasteiger partial charge in [0.1, 0.15) is 0 Å². The molecule has 0 saturated carbocycles. The smallest absolute Gasteiger partial charge is 0.323 e. The van der Waals surface area contributed by atoms with Gasteiger partial charge in [-0.2, -0.15) is 0 Å². The topological polar surface area (TPSA) is 43.8 Å². The van der Waals surface area contributed by atoms with E-state index in [4.69, 9.17) is 0 Å². The average Bonchev–Trinajstić information content (AvgIpc) is 2.30. The van der Waals surface area contributed by atoms with Crippen LogP contribution in [0.4, 0.5) is 10.5 Å². The Hall–Kier alpha value is -1.55. The lowest BCUT2D eigenvalue weighted by Crippen LogP contribution is -2.43. The molecule has 1 atom stereocenters. The number of anilines is 1. The van der Waals surface area contributed by atoms with Gasteiger partial charge in [-0.3, -0.25) is 4.90 Å².